The summed E-state index contributed by atoms with van der Waals surface area (Å²) in [5.74, 6) is 0.929. The molecule has 3 N–H and O–H groups in total. The first-order valence-corrected chi connectivity index (χ1v) is 9.77. The van der Waals surface area contributed by atoms with Gasteiger partial charge in [0.15, 0.2) is 5.96 Å². The van der Waals surface area contributed by atoms with Crippen LogP contribution < -0.4 is 15.8 Å². The Morgan fingerprint density at radius 1 is 1.22 bits per heavy atom. The third-order valence-corrected chi connectivity index (χ3v) is 5.16. The van der Waals surface area contributed by atoms with Gasteiger partial charge in [-0.3, -0.25) is 0 Å². The summed E-state index contributed by atoms with van der Waals surface area (Å²) < 4.78 is 5.13. The SMILES string of the molecule is COc1ccc(NC(N)=NCc2csc(CCc3ccccc3)n2)cc1Cl. The predicted molar refractivity (Wildman–Crippen MR) is 113 cm³/mol. The highest BCUT2D eigenvalue weighted by Gasteiger charge is 2.05. The number of halogens is 1. The normalized spacial score (nSPS) is 11.4. The number of rotatable bonds is 7. The van der Waals surface area contributed by atoms with Crippen LogP contribution in [0.15, 0.2) is 58.9 Å². The molecule has 5 nitrogen and oxygen atoms in total. The molecule has 0 spiro atoms. The molecule has 0 radical (unpaired) electrons. The highest BCUT2D eigenvalue weighted by atomic mass is 35.5. The quantitative estimate of drug-likeness (QED) is 0.452. The molecule has 140 valence electrons. The lowest BCUT2D eigenvalue weighted by atomic mass is 10.1. The van der Waals surface area contributed by atoms with Crippen LogP contribution >= 0.6 is 22.9 Å². The number of hydrogen-bond acceptors (Lipinski definition) is 4. The second-order valence-corrected chi connectivity index (χ2v) is 7.24. The summed E-state index contributed by atoms with van der Waals surface area (Å²) in [7, 11) is 1.58. The van der Waals surface area contributed by atoms with Crippen LogP contribution in [0.2, 0.25) is 5.02 Å². The van der Waals surface area contributed by atoms with Gasteiger partial charge in [-0.1, -0.05) is 41.9 Å². The standard InChI is InChI=1S/C20H21ClN4OS/c1-26-18-9-8-15(11-17(18)21)25-20(22)23-12-16-13-27-19(24-16)10-7-14-5-3-2-4-6-14/h2-6,8-9,11,13H,7,10,12H2,1H3,(H3,22,23,25). The van der Waals surface area contributed by atoms with Crippen molar-refractivity contribution in [2.24, 2.45) is 10.7 Å². The van der Waals surface area contributed by atoms with Crippen LogP contribution in [0, 0.1) is 0 Å². The van der Waals surface area contributed by atoms with E-state index in [9.17, 15) is 0 Å². The zero-order valence-corrected chi connectivity index (χ0v) is 16.6. The summed E-state index contributed by atoms with van der Waals surface area (Å²) >= 11 is 7.77. The highest BCUT2D eigenvalue weighted by molar-refractivity contribution is 7.09. The first kappa shape index (κ1) is 19.2. The molecule has 3 rings (SSSR count). The molecular formula is C20H21ClN4OS. The molecule has 0 bridgehead atoms. The number of aromatic nitrogens is 1. The van der Waals surface area contributed by atoms with Gasteiger partial charge < -0.3 is 15.8 Å². The summed E-state index contributed by atoms with van der Waals surface area (Å²) in [5.41, 5.74) is 8.95. The van der Waals surface area contributed by atoms with Gasteiger partial charge >= 0.3 is 0 Å². The van der Waals surface area contributed by atoms with Gasteiger partial charge in [-0.15, -0.1) is 11.3 Å². The zero-order valence-electron chi connectivity index (χ0n) is 15.0. The van der Waals surface area contributed by atoms with E-state index in [4.69, 9.17) is 22.1 Å². The van der Waals surface area contributed by atoms with Crippen molar-refractivity contribution in [1.29, 1.82) is 0 Å². The molecule has 0 amide bonds. The average Bonchev–Trinajstić information content (AvgIpc) is 3.14. The molecule has 27 heavy (non-hydrogen) atoms. The molecule has 1 aromatic heterocycles. The molecule has 0 aliphatic rings. The van der Waals surface area contributed by atoms with Crippen LogP contribution in [-0.2, 0) is 19.4 Å². The Kier molecular flexibility index (Phi) is 6.68. The minimum Gasteiger partial charge on any atom is -0.495 e. The van der Waals surface area contributed by atoms with E-state index in [1.807, 2.05) is 17.5 Å². The van der Waals surface area contributed by atoms with Crippen molar-refractivity contribution < 1.29 is 4.74 Å². The van der Waals surface area contributed by atoms with E-state index in [2.05, 4.69) is 39.6 Å². The van der Waals surface area contributed by atoms with Crippen LogP contribution in [0.5, 0.6) is 5.75 Å². The lowest BCUT2D eigenvalue weighted by Gasteiger charge is -2.08. The third-order valence-electron chi connectivity index (χ3n) is 3.91. The Hall–Kier alpha value is -2.57. The summed E-state index contributed by atoms with van der Waals surface area (Å²) in [6.07, 6.45) is 1.91. The van der Waals surface area contributed by atoms with Crippen molar-refractivity contribution in [3.05, 3.63) is 75.2 Å². The van der Waals surface area contributed by atoms with Gasteiger partial charge in [0.25, 0.3) is 0 Å². The predicted octanol–water partition coefficient (Wildman–Crippen LogP) is 4.52. The van der Waals surface area contributed by atoms with Crippen molar-refractivity contribution >= 4 is 34.6 Å². The Morgan fingerprint density at radius 2 is 2.04 bits per heavy atom. The van der Waals surface area contributed by atoms with Crippen molar-refractivity contribution in [2.75, 3.05) is 12.4 Å². The lowest BCUT2D eigenvalue weighted by molar-refractivity contribution is 0.415. The van der Waals surface area contributed by atoms with Gasteiger partial charge in [-0.25, -0.2) is 9.98 Å². The van der Waals surface area contributed by atoms with Gasteiger partial charge in [0.1, 0.15) is 5.75 Å². The number of aliphatic imine (C=N–C) groups is 1. The van der Waals surface area contributed by atoms with E-state index in [-0.39, 0.29) is 0 Å². The number of thiazole rings is 1. The Balaban J connectivity index is 1.53. The largest absolute Gasteiger partial charge is 0.495 e. The van der Waals surface area contributed by atoms with E-state index in [0.717, 1.165) is 29.2 Å². The second kappa shape index (κ2) is 9.39. The molecule has 0 aliphatic carbocycles. The number of hydrogen-bond donors (Lipinski definition) is 2. The average molecular weight is 401 g/mol. The van der Waals surface area contributed by atoms with Crippen LogP contribution in [0.4, 0.5) is 5.69 Å². The van der Waals surface area contributed by atoms with E-state index < -0.39 is 0 Å². The summed E-state index contributed by atoms with van der Waals surface area (Å²) in [6.45, 7) is 0.435. The molecule has 1 heterocycles. The fourth-order valence-electron chi connectivity index (χ4n) is 2.53. The van der Waals surface area contributed by atoms with E-state index in [1.165, 1.54) is 5.56 Å². The maximum atomic E-state index is 6.11. The Bertz CT molecular complexity index is 911. The maximum absolute atomic E-state index is 6.11. The number of methoxy groups -OCH3 is 1. The van der Waals surface area contributed by atoms with Crippen LogP contribution in [0.25, 0.3) is 0 Å². The van der Waals surface area contributed by atoms with Gasteiger partial charge in [0.2, 0.25) is 0 Å². The number of aryl methyl sites for hydroxylation is 2. The molecule has 0 aliphatic heterocycles. The fraction of sp³-hybridized carbons (Fsp3) is 0.200. The van der Waals surface area contributed by atoms with Gasteiger partial charge in [-0.05, 0) is 30.2 Å². The molecule has 7 heteroatoms. The van der Waals surface area contributed by atoms with Crippen molar-refractivity contribution in [1.82, 2.24) is 4.98 Å². The number of nitrogens with two attached hydrogens (primary N) is 1. The van der Waals surface area contributed by atoms with E-state index in [1.54, 1.807) is 30.6 Å². The number of benzene rings is 2. The number of nitrogens with zero attached hydrogens (tertiary/aromatic N) is 2. The Morgan fingerprint density at radius 3 is 2.78 bits per heavy atom. The molecule has 0 unspecified atom stereocenters. The van der Waals surface area contributed by atoms with E-state index >= 15 is 0 Å². The van der Waals surface area contributed by atoms with Crippen LogP contribution in [0.3, 0.4) is 0 Å². The Labute approximate surface area is 167 Å². The summed E-state index contributed by atoms with van der Waals surface area (Å²) in [6, 6.07) is 15.8. The van der Waals surface area contributed by atoms with Gasteiger partial charge in [0.05, 0.1) is 29.4 Å². The minimum atomic E-state index is 0.315. The van der Waals surface area contributed by atoms with Crippen LogP contribution in [-0.4, -0.2) is 18.1 Å². The molecular weight excluding hydrogens is 380 g/mol. The van der Waals surface area contributed by atoms with Crippen molar-refractivity contribution in [3.63, 3.8) is 0 Å². The van der Waals surface area contributed by atoms with Crippen LogP contribution in [0.1, 0.15) is 16.3 Å². The first-order valence-electron chi connectivity index (χ1n) is 8.51. The van der Waals surface area contributed by atoms with Crippen molar-refractivity contribution in [3.8, 4) is 5.75 Å². The summed E-state index contributed by atoms with van der Waals surface area (Å²) in [5, 5.41) is 6.67. The van der Waals surface area contributed by atoms with Gasteiger partial charge in [0, 0.05) is 17.5 Å². The lowest BCUT2D eigenvalue weighted by Crippen LogP contribution is -2.22. The number of nitrogens with one attached hydrogen (secondary N) is 1. The van der Waals surface area contributed by atoms with E-state index in [0.29, 0.717) is 23.3 Å². The van der Waals surface area contributed by atoms with Crippen molar-refractivity contribution in [2.45, 2.75) is 19.4 Å². The second-order valence-electron chi connectivity index (χ2n) is 5.89. The molecule has 2 aromatic carbocycles. The smallest absolute Gasteiger partial charge is 0.193 e. The fourth-order valence-corrected chi connectivity index (χ4v) is 3.58. The first-order chi connectivity index (χ1) is 13.1. The molecule has 0 atom stereocenters. The molecule has 0 saturated heterocycles. The van der Waals surface area contributed by atoms with Gasteiger partial charge in [-0.2, -0.15) is 0 Å². The zero-order chi connectivity index (χ0) is 19.1. The maximum Gasteiger partial charge on any atom is 0.193 e. The number of ether oxygens (including phenoxy) is 1. The number of anilines is 1. The third kappa shape index (κ3) is 5.70. The minimum absolute atomic E-state index is 0.315. The molecule has 0 fully saturated rings. The number of guanidine groups is 1. The highest BCUT2D eigenvalue weighted by Crippen LogP contribution is 2.27. The topological polar surface area (TPSA) is 72.5 Å². The summed E-state index contributed by atoms with van der Waals surface area (Å²) in [4.78, 5) is 8.98. The monoisotopic (exact) mass is 400 g/mol. The molecule has 0 saturated carbocycles. The molecule has 3 aromatic rings.